The summed E-state index contributed by atoms with van der Waals surface area (Å²) in [6.07, 6.45) is 7.19. The highest BCUT2D eigenvalue weighted by Gasteiger charge is 2.18. The zero-order chi connectivity index (χ0) is 22.4. The molecule has 4 rings (SSSR count). The van der Waals surface area contributed by atoms with Crippen molar-refractivity contribution in [3.63, 3.8) is 0 Å². The van der Waals surface area contributed by atoms with Gasteiger partial charge in [0.1, 0.15) is 17.8 Å². The van der Waals surface area contributed by atoms with E-state index in [1.165, 1.54) is 18.5 Å². The quantitative estimate of drug-likeness (QED) is 0.399. The van der Waals surface area contributed by atoms with E-state index in [0.717, 1.165) is 37.4 Å². The number of thiazole rings is 1. The summed E-state index contributed by atoms with van der Waals surface area (Å²) in [6, 6.07) is 6.54. The van der Waals surface area contributed by atoms with Gasteiger partial charge in [-0.05, 0) is 24.6 Å². The first-order valence-electron chi connectivity index (χ1n) is 9.17. The largest absolute Gasteiger partial charge is 0.373 e. The van der Waals surface area contributed by atoms with Crippen molar-refractivity contribution >= 4 is 29.3 Å². The van der Waals surface area contributed by atoms with Gasteiger partial charge in [-0.2, -0.15) is 14.7 Å². The third kappa shape index (κ3) is 5.49. The fourth-order valence-electron chi connectivity index (χ4n) is 2.79. The SMILES string of the molecule is Cc1nn(-c2nc(-c3cncnc3)c(SC(C)C)s2)cc1-c1cccc(F)c1.O=C=O. The van der Waals surface area contributed by atoms with E-state index in [2.05, 4.69) is 28.9 Å². The van der Waals surface area contributed by atoms with Gasteiger partial charge in [0, 0.05) is 35.0 Å². The number of hydrogen-bond acceptors (Lipinski definition) is 8. The van der Waals surface area contributed by atoms with Gasteiger partial charge in [0.15, 0.2) is 0 Å². The smallest absolute Gasteiger partial charge is 0.244 e. The van der Waals surface area contributed by atoms with Crippen molar-refractivity contribution in [1.29, 1.82) is 0 Å². The Labute approximate surface area is 186 Å². The molecular weight excluding hydrogens is 437 g/mol. The number of thioether (sulfide) groups is 1. The molecule has 31 heavy (non-hydrogen) atoms. The molecule has 10 heteroatoms. The zero-order valence-corrected chi connectivity index (χ0v) is 18.6. The molecule has 158 valence electrons. The summed E-state index contributed by atoms with van der Waals surface area (Å²) in [6.45, 7) is 6.21. The van der Waals surface area contributed by atoms with Gasteiger partial charge in [0.05, 0.1) is 9.90 Å². The maximum Gasteiger partial charge on any atom is 0.373 e. The molecule has 0 fully saturated rings. The minimum absolute atomic E-state index is 0.250. The van der Waals surface area contributed by atoms with Gasteiger partial charge >= 0.3 is 6.15 Å². The van der Waals surface area contributed by atoms with Gasteiger partial charge in [-0.3, -0.25) is 0 Å². The maximum atomic E-state index is 13.6. The van der Waals surface area contributed by atoms with Crippen LogP contribution in [0.4, 0.5) is 4.39 Å². The lowest BCUT2D eigenvalue weighted by molar-refractivity contribution is -0.191. The van der Waals surface area contributed by atoms with E-state index in [0.29, 0.717) is 5.25 Å². The number of nitrogens with zero attached hydrogens (tertiary/aromatic N) is 5. The van der Waals surface area contributed by atoms with Crippen LogP contribution in [-0.4, -0.2) is 36.1 Å². The fourth-order valence-corrected chi connectivity index (χ4v) is 5.24. The van der Waals surface area contributed by atoms with Crippen LogP contribution in [-0.2, 0) is 9.59 Å². The van der Waals surface area contributed by atoms with Crippen LogP contribution in [0.3, 0.4) is 0 Å². The normalized spacial score (nSPS) is 10.5. The van der Waals surface area contributed by atoms with Crippen LogP contribution in [0.25, 0.3) is 27.5 Å². The lowest BCUT2D eigenvalue weighted by Crippen LogP contribution is -1.94. The first-order valence-corrected chi connectivity index (χ1v) is 10.9. The number of benzene rings is 1. The maximum absolute atomic E-state index is 13.6. The van der Waals surface area contributed by atoms with Gasteiger partial charge in [-0.15, -0.1) is 11.8 Å². The Morgan fingerprint density at radius 1 is 1.16 bits per heavy atom. The van der Waals surface area contributed by atoms with Crippen LogP contribution in [0.1, 0.15) is 19.5 Å². The molecule has 0 saturated carbocycles. The average molecular weight is 456 g/mol. The second-order valence-electron chi connectivity index (χ2n) is 6.59. The lowest BCUT2D eigenvalue weighted by atomic mass is 10.1. The van der Waals surface area contributed by atoms with Crippen LogP contribution >= 0.6 is 23.1 Å². The number of aryl methyl sites for hydroxylation is 1. The van der Waals surface area contributed by atoms with E-state index in [1.54, 1.807) is 46.2 Å². The summed E-state index contributed by atoms with van der Waals surface area (Å²) in [5, 5.41) is 5.79. The number of halogens is 1. The van der Waals surface area contributed by atoms with Crippen molar-refractivity contribution < 1.29 is 14.0 Å². The molecule has 0 bridgehead atoms. The molecular formula is C21H18FN5O2S2. The number of rotatable bonds is 5. The Bertz CT molecular complexity index is 1200. The van der Waals surface area contributed by atoms with E-state index in [9.17, 15) is 4.39 Å². The fraction of sp³-hybridized carbons (Fsp3) is 0.190. The molecule has 3 aromatic heterocycles. The molecule has 7 nitrogen and oxygen atoms in total. The van der Waals surface area contributed by atoms with E-state index in [4.69, 9.17) is 14.6 Å². The predicted octanol–water partition coefficient (Wildman–Crippen LogP) is 4.82. The molecule has 3 heterocycles. The summed E-state index contributed by atoms with van der Waals surface area (Å²) in [7, 11) is 0. The highest BCUT2D eigenvalue weighted by Crippen LogP contribution is 2.39. The Morgan fingerprint density at radius 3 is 2.52 bits per heavy atom. The van der Waals surface area contributed by atoms with Crippen LogP contribution in [0.2, 0.25) is 0 Å². The molecule has 0 amide bonds. The summed E-state index contributed by atoms with van der Waals surface area (Å²) in [4.78, 5) is 29.3. The van der Waals surface area contributed by atoms with Gasteiger partial charge in [-0.25, -0.2) is 24.0 Å². The molecule has 0 spiro atoms. The highest BCUT2D eigenvalue weighted by molar-refractivity contribution is 8.01. The second-order valence-corrected chi connectivity index (χ2v) is 9.42. The summed E-state index contributed by atoms with van der Waals surface area (Å²) < 4.78 is 16.5. The van der Waals surface area contributed by atoms with E-state index in [-0.39, 0.29) is 12.0 Å². The minimum Gasteiger partial charge on any atom is -0.244 e. The molecule has 0 saturated heterocycles. The molecule has 0 aliphatic rings. The minimum atomic E-state index is -0.263. The third-order valence-corrected chi connectivity index (χ3v) is 6.25. The van der Waals surface area contributed by atoms with Crippen molar-refractivity contribution in [2.75, 3.05) is 0 Å². The Hall–Kier alpha value is -3.20. The Kier molecular flexibility index (Phi) is 7.41. The molecule has 0 aliphatic heterocycles. The lowest BCUT2D eigenvalue weighted by Gasteiger charge is -2.03. The molecule has 0 N–H and O–H groups in total. The van der Waals surface area contributed by atoms with E-state index < -0.39 is 0 Å². The average Bonchev–Trinajstić information content (AvgIpc) is 3.32. The standard InChI is InChI=1S/C20H18FN5S2.CO2/c1-12(2)27-19-18(15-8-22-11-23-9-15)24-20(28-19)26-10-17(13(3)25-26)14-5-4-6-16(21)7-14;2-1-3/h4-12H,1-3H3;. The molecule has 0 radical (unpaired) electrons. The predicted molar refractivity (Wildman–Crippen MR) is 116 cm³/mol. The van der Waals surface area contributed by atoms with Crippen molar-refractivity contribution in [3.05, 3.63) is 60.7 Å². The van der Waals surface area contributed by atoms with E-state index >= 15 is 0 Å². The third-order valence-electron chi connectivity index (χ3n) is 3.99. The van der Waals surface area contributed by atoms with Crippen molar-refractivity contribution in [2.45, 2.75) is 30.2 Å². The number of carbonyl (C=O) groups excluding carboxylic acids is 2. The molecule has 0 aliphatic carbocycles. The summed E-state index contributed by atoms with van der Waals surface area (Å²) in [5.74, 6) is -0.263. The van der Waals surface area contributed by atoms with Crippen molar-refractivity contribution in [2.24, 2.45) is 0 Å². The highest BCUT2D eigenvalue weighted by atomic mass is 32.2. The van der Waals surface area contributed by atoms with Crippen LogP contribution < -0.4 is 0 Å². The molecule has 0 unspecified atom stereocenters. The zero-order valence-electron chi connectivity index (χ0n) is 16.9. The Balaban J connectivity index is 0.000000858. The van der Waals surface area contributed by atoms with Crippen molar-refractivity contribution in [1.82, 2.24) is 24.7 Å². The summed E-state index contributed by atoms with van der Waals surface area (Å²) in [5.41, 5.74) is 4.25. The molecule has 4 aromatic rings. The first-order chi connectivity index (χ1) is 14.9. The van der Waals surface area contributed by atoms with Gasteiger partial charge < -0.3 is 0 Å². The van der Waals surface area contributed by atoms with E-state index in [1.807, 2.05) is 19.2 Å². The summed E-state index contributed by atoms with van der Waals surface area (Å²) >= 11 is 3.33. The second kappa shape index (κ2) is 10.2. The van der Waals surface area contributed by atoms with Crippen molar-refractivity contribution in [3.8, 4) is 27.5 Å². The van der Waals surface area contributed by atoms with Crippen LogP contribution in [0, 0.1) is 12.7 Å². The van der Waals surface area contributed by atoms with Gasteiger partial charge in [0.2, 0.25) is 5.13 Å². The van der Waals surface area contributed by atoms with Crippen LogP contribution in [0.5, 0.6) is 0 Å². The molecule has 1 aromatic carbocycles. The topological polar surface area (TPSA) is 90.6 Å². The first kappa shape index (κ1) is 22.5. The van der Waals surface area contributed by atoms with Gasteiger partial charge in [0.25, 0.3) is 0 Å². The Morgan fingerprint density at radius 2 is 1.87 bits per heavy atom. The monoisotopic (exact) mass is 455 g/mol. The van der Waals surface area contributed by atoms with Gasteiger partial charge in [-0.1, -0.05) is 37.3 Å². The van der Waals surface area contributed by atoms with Crippen LogP contribution in [0.15, 0.2) is 53.4 Å². The number of hydrogen-bond donors (Lipinski definition) is 0. The number of aromatic nitrogens is 5. The molecule has 0 atom stereocenters.